The Morgan fingerprint density at radius 2 is 2.21 bits per heavy atom. The third-order valence-electron chi connectivity index (χ3n) is 5.47. The van der Waals surface area contributed by atoms with Crippen molar-refractivity contribution in [2.75, 3.05) is 6.61 Å². The molecule has 3 aliphatic rings. The molecule has 0 saturated heterocycles. The molecular weight excluding hydrogens is 256 g/mol. The van der Waals surface area contributed by atoms with Crippen LogP contribution in [0.4, 0.5) is 0 Å². The minimum absolute atomic E-state index is 0.190. The van der Waals surface area contributed by atoms with Gasteiger partial charge in [-0.25, -0.2) is 0 Å². The first kappa shape index (κ1) is 12.1. The lowest BCUT2D eigenvalue weighted by Gasteiger charge is -2.24. The maximum atomic E-state index is 6.68. The summed E-state index contributed by atoms with van der Waals surface area (Å²) in [5.74, 6) is 3.94. The molecule has 0 radical (unpaired) electrons. The van der Waals surface area contributed by atoms with Gasteiger partial charge in [-0.05, 0) is 60.6 Å². The maximum absolute atomic E-state index is 6.68. The van der Waals surface area contributed by atoms with Gasteiger partial charge in [-0.3, -0.25) is 0 Å². The van der Waals surface area contributed by atoms with Crippen LogP contribution < -0.4 is 4.74 Å². The molecule has 1 aromatic carbocycles. The Kier molecular flexibility index (Phi) is 2.99. The minimum atomic E-state index is 0.190. The fourth-order valence-corrected chi connectivity index (χ4v) is 4.83. The van der Waals surface area contributed by atoms with E-state index in [1.165, 1.54) is 43.2 Å². The summed E-state index contributed by atoms with van der Waals surface area (Å²) in [7, 11) is 0. The molecule has 4 rings (SSSR count). The second-order valence-electron chi connectivity index (χ2n) is 6.60. The molecule has 102 valence electrons. The van der Waals surface area contributed by atoms with Crippen LogP contribution in [-0.4, -0.2) is 6.61 Å². The van der Waals surface area contributed by atoms with E-state index in [0.717, 1.165) is 36.5 Å². The van der Waals surface area contributed by atoms with Gasteiger partial charge < -0.3 is 4.74 Å². The number of benzene rings is 1. The van der Waals surface area contributed by atoms with E-state index in [0.29, 0.717) is 0 Å². The Morgan fingerprint density at radius 3 is 3.00 bits per heavy atom. The molecule has 2 aliphatic carbocycles. The van der Waals surface area contributed by atoms with Gasteiger partial charge in [0.1, 0.15) is 5.75 Å². The average Bonchev–Trinajstić information content (AvgIpc) is 3.13. The topological polar surface area (TPSA) is 9.23 Å². The van der Waals surface area contributed by atoms with Gasteiger partial charge in [-0.1, -0.05) is 18.6 Å². The lowest BCUT2D eigenvalue weighted by Crippen LogP contribution is -2.12. The molecule has 4 unspecified atom stereocenters. The van der Waals surface area contributed by atoms with Gasteiger partial charge in [-0.2, -0.15) is 0 Å². The second-order valence-corrected chi connectivity index (χ2v) is 7.13. The first-order chi connectivity index (χ1) is 9.29. The predicted molar refractivity (Wildman–Crippen MR) is 77.8 cm³/mol. The van der Waals surface area contributed by atoms with Gasteiger partial charge in [0.05, 0.1) is 12.0 Å². The van der Waals surface area contributed by atoms with Crippen LogP contribution in [0.3, 0.4) is 0 Å². The van der Waals surface area contributed by atoms with E-state index < -0.39 is 0 Å². The Bertz CT molecular complexity index is 484. The summed E-state index contributed by atoms with van der Waals surface area (Å²) in [6.07, 6.45) is 8.05. The number of halogens is 1. The zero-order valence-corrected chi connectivity index (χ0v) is 12.0. The molecular formula is C17H21ClO. The van der Waals surface area contributed by atoms with Crippen molar-refractivity contribution < 1.29 is 4.74 Å². The lowest BCUT2D eigenvalue weighted by atomic mass is 9.84. The van der Waals surface area contributed by atoms with Gasteiger partial charge >= 0.3 is 0 Å². The van der Waals surface area contributed by atoms with Crippen LogP contribution in [0.15, 0.2) is 18.2 Å². The number of alkyl halides is 1. The number of hydrogen-bond acceptors (Lipinski definition) is 1. The summed E-state index contributed by atoms with van der Waals surface area (Å²) in [5, 5.41) is 0.190. The summed E-state index contributed by atoms with van der Waals surface area (Å²) < 4.78 is 5.56. The van der Waals surface area contributed by atoms with E-state index in [9.17, 15) is 0 Å². The van der Waals surface area contributed by atoms with Crippen LogP contribution >= 0.6 is 11.6 Å². The molecule has 0 N–H and O–H groups in total. The number of ether oxygens (including phenoxy) is 1. The number of hydrogen-bond donors (Lipinski definition) is 0. The summed E-state index contributed by atoms with van der Waals surface area (Å²) in [6, 6.07) is 6.54. The van der Waals surface area contributed by atoms with E-state index >= 15 is 0 Å². The monoisotopic (exact) mass is 276 g/mol. The van der Waals surface area contributed by atoms with E-state index in [2.05, 4.69) is 18.2 Å². The van der Waals surface area contributed by atoms with Gasteiger partial charge in [-0.15, -0.1) is 11.6 Å². The van der Waals surface area contributed by atoms with Gasteiger partial charge in [0.25, 0.3) is 0 Å². The van der Waals surface area contributed by atoms with Crippen LogP contribution in [0.1, 0.15) is 48.6 Å². The molecule has 2 bridgehead atoms. The molecule has 0 aromatic heterocycles. The van der Waals surface area contributed by atoms with Crippen molar-refractivity contribution in [3.8, 4) is 5.75 Å². The van der Waals surface area contributed by atoms with Crippen molar-refractivity contribution in [1.29, 1.82) is 0 Å². The molecule has 0 spiro atoms. The molecule has 0 amide bonds. The quantitative estimate of drug-likeness (QED) is 0.726. The fraction of sp³-hybridized carbons (Fsp3) is 0.647. The number of fused-ring (bicyclic) bond motifs is 3. The molecule has 19 heavy (non-hydrogen) atoms. The van der Waals surface area contributed by atoms with E-state index in [1.807, 2.05) is 0 Å². The van der Waals surface area contributed by atoms with Gasteiger partial charge in [0.2, 0.25) is 0 Å². The Labute approximate surface area is 120 Å². The van der Waals surface area contributed by atoms with E-state index in [1.54, 1.807) is 0 Å². The molecule has 4 atom stereocenters. The molecule has 1 aliphatic heterocycles. The molecule has 2 saturated carbocycles. The van der Waals surface area contributed by atoms with Crippen LogP contribution in [0.5, 0.6) is 5.75 Å². The molecule has 2 fully saturated rings. The standard InChI is InChI=1S/C17H21ClO/c18-16(10-15-8-11-1-2-12(15)7-11)13-3-4-17-14(9-13)5-6-19-17/h3-4,9,11-12,15-16H,1-2,5-8,10H2. The highest BCUT2D eigenvalue weighted by atomic mass is 35.5. The third-order valence-corrected chi connectivity index (χ3v) is 5.90. The molecule has 1 nitrogen and oxygen atoms in total. The Hall–Kier alpha value is -0.690. The van der Waals surface area contributed by atoms with Crippen LogP contribution in [-0.2, 0) is 6.42 Å². The molecule has 1 aromatic rings. The van der Waals surface area contributed by atoms with Crippen LogP contribution in [0.2, 0.25) is 0 Å². The van der Waals surface area contributed by atoms with Crippen LogP contribution in [0.25, 0.3) is 0 Å². The molecule has 2 heteroatoms. The predicted octanol–water partition coefficient (Wildman–Crippen LogP) is 4.73. The number of rotatable bonds is 3. The smallest absolute Gasteiger partial charge is 0.122 e. The van der Waals surface area contributed by atoms with Crippen molar-refractivity contribution in [2.24, 2.45) is 17.8 Å². The summed E-state index contributed by atoms with van der Waals surface area (Å²) >= 11 is 6.68. The minimum Gasteiger partial charge on any atom is -0.493 e. The molecule has 1 heterocycles. The normalized spacial score (nSPS) is 33.2. The largest absolute Gasteiger partial charge is 0.493 e. The Morgan fingerprint density at radius 1 is 1.26 bits per heavy atom. The van der Waals surface area contributed by atoms with Crippen molar-refractivity contribution in [3.63, 3.8) is 0 Å². The van der Waals surface area contributed by atoms with E-state index in [4.69, 9.17) is 16.3 Å². The average molecular weight is 277 g/mol. The van der Waals surface area contributed by atoms with Gasteiger partial charge in [0.15, 0.2) is 0 Å². The fourth-order valence-electron chi connectivity index (χ4n) is 4.47. The van der Waals surface area contributed by atoms with Crippen molar-refractivity contribution >= 4 is 11.6 Å². The van der Waals surface area contributed by atoms with Crippen molar-refractivity contribution in [1.82, 2.24) is 0 Å². The second kappa shape index (κ2) is 4.70. The zero-order chi connectivity index (χ0) is 12.8. The zero-order valence-electron chi connectivity index (χ0n) is 11.3. The highest BCUT2D eigenvalue weighted by Gasteiger charge is 2.40. The van der Waals surface area contributed by atoms with Crippen molar-refractivity contribution in [3.05, 3.63) is 29.3 Å². The van der Waals surface area contributed by atoms with Crippen molar-refractivity contribution in [2.45, 2.75) is 43.9 Å². The third kappa shape index (κ3) is 2.16. The SMILES string of the molecule is ClC(CC1CC2CCC1C2)c1ccc2c(c1)CCO2. The highest BCUT2D eigenvalue weighted by molar-refractivity contribution is 6.20. The highest BCUT2D eigenvalue weighted by Crippen LogP contribution is 2.51. The summed E-state index contributed by atoms with van der Waals surface area (Å²) in [6.45, 7) is 0.831. The summed E-state index contributed by atoms with van der Waals surface area (Å²) in [4.78, 5) is 0. The first-order valence-corrected chi connectivity index (χ1v) is 8.13. The van der Waals surface area contributed by atoms with E-state index in [-0.39, 0.29) is 5.38 Å². The van der Waals surface area contributed by atoms with Gasteiger partial charge in [0, 0.05) is 6.42 Å². The lowest BCUT2D eigenvalue weighted by molar-refractivity contribution is 0.312. The maximum Gasteiger partial charge on any atom is 0.122 e. The summed E-state index contributed by atoms with van der Waals surface area (Å²) in [5.41, 5.74) is 2.64. The Balaban J connectivity index is 1.47. The first-order valence-electron chi connectivity index (χ1n) is 7.69. The van der Waals surface area contributed by atoms with Crippen LogP contribution in [0, 0.1) is 17.8 Å².